The second-order valence-electron chi connectivity index (χ2n) is 4.76. The van der Waals surface area contributed by atoms with E-state index in [1.807, 2.05) is 0 Å². The number of sulfonamides is 1. The smallest absolute Gasteiger partial charge is 0.243 e. The number of benzene rings is 1. The summed E-state index contributed by atoms with van der Waals surface area (Å²) in [5.41, 5.74) is -0.931. The molecule has 0 bridgehead atoms. The van der Waals surface area contributed by atoms with Crippen LogP contribution in [0.15, 0.2) is 29.2 Å². The summed E-state index contributed by atoms with van der Waals surface area (Å²) in [6.07, 6.45) is 0.461. The van der Waals surface area contributed by atoms with Gasteiger partial charge in [0, 0.05) is 13.1 Å². The highest BCUT2D eigenvalue weighted by molar-refractivity contribution is 7.89. The summed E-state index contributed by atoms with van der Waals surface area (Å²) in [7, 11) is -1.99. The summed E-state index contributed by atoms with van der Waals surface area (Å²) in [6, 6.07) is 6.25. The van der Waals surface area contributed by atoms with E-state index in [2.05, 4.69) is 0 Å². The van der Waals surface area contributed by atoms with Crippen LogP contribution in [0.1, 0.15) is 13.3 Å². The third-order valence-electron chi connectivity index (χ3n) is 3.11. The lowest BCUT2D eigenvalue weighted by atomic mass is 10.1. The summed E-state index contributed by atoms with van der Waals surface area (Å²) >= 11 is 0. The molecule has 0 spiro atoms. The Morgan fingerprint density at radius 3 is 2.39 bits per heavy atom. The van der Waals surface area contributed by atoms with Crippen LogP contribution in [0.3, 0.4) is 0 Å². The zero-order chi connectivity index (χ0) is 13.4. The number of hydrogen-bond donors (Lipinski definition) is 1. The Morgan fingerprint density at radius 1 is 1.33 bits per heavy atom. The molecule has 1 saturated heterocycles. The predicted octanol–water partition coefficient (Wildman–Crippen LogP) is 0.841. The van der Waals surface area contributed by atoms with E-state index < -0.39 is 15.6 Å². The van der Waals surface area contributed by atoms with Crippen molar-refractivity contribution in [1.82, 2.24) is 4.31 Å². The molecule has 6 heteroatoms. The number of β-amino-alcohol motifs (C(OH)–C–C–N with tert-alkyl or cyclic N) is 1. The number of aliphatic hydroxyl groups is 1. The lowest BCUT2D eigenvalue weighted by Crippen LogP contribution is -2.33. The van der Waals surface area contributed by atoms with Gasteiger partial charge in [0.1, 0.15) is 5.75 Å². The van der Waals surface area contributed by atoms with E-state index in [9.17, 15) is 13.5 Å². The van der Waals surface area contributed by atoms with Crippen LogP contribution in [0.2, 0.25) is 0 Å². The van der Waals surface area contributed by atoms with Gasteiger partial charge in [-0.25, -0.2) is 8.42 Å². The first kappa shape index (κ1) is 13.3. The Morgan fingerprint density at radius 2 is 1.94 bits per heavy atom. The van der Waals surface area contributed by atoms with Crippen molar-refractivity contribution in [2.75, 3.05) is 20.2 Å². The molecule has 1 aliphatic rings. The Labute approximate surface area is 107 Å². The molecule has 1 aromatic rings. The highest BCUT2D eigenvalue weighted by atomic mass is 32.2. The van der Waals surface area contributed by atoms with Crippen LogP contribution in [0, 0.1) is 0 Å². The summed E-state index contributed by atoms with van der Waals surface area (Å²) in [5, 5.41) is 9.83. The van der Waals surface area contributed by atoms with Crippen molar-refractivity contribution in [3.05, 3.63) is 24.3 Å². The highest BCUT2D eigenvalue weighted by Crippen LogP contribution is 2.27. The Balaban J connectivity index is 2.25. The van der Waals surface area contributed by atoms with Crippen LogP contribution >= 0.6 is 0 Å². The molecule has 1 aromatic carbocycles. The third kappa shape index (κ3) is 2.50. The van der Waals surface area contributed by atoms with Gasteiger partial charge in [0.2, 0.25) is 10.0 Å². The summed E-state index contributed by atoms with van der Waals surface area (Å²) in [6.45, 7) is 2.14. The van der Waals surface area contributed by atoms with Crippen LogP contribution in [0.5, 0.6) is 5.75 Å². The van der Waals surface area contributed by atoms with Gasteiger partial charge in [0.05, 0.1) is 17.6 Å². The molecular weight excluding hydrogens is 254 g/mol. The minimum absolute atomic E-state index is 0.140. The topological polar surface area (TPSA) is 66.8 Å². The molecule has 1 aliphatic heterocycles. The molecule has 0 aromatic heterocycles. The summed E-state index contributed by atoms with van der Waals surface area (Å²) < 4.78 is 30.9. The summed E-state index contributed by atoms with van der Waals surface area (Å²) in [5.74, 6) is 0.613. The molecule has 2 rings (SSSR count). The van der Waals surface area contributed by atoms with Crippen LogP contribution in [0.25, 0.3) is 0 Å². The van der Waals surface area contributed by atoms with Crippen molar-refractivity contribution in [3.8, 4) is 5.75 Å². The van der Waals surface area contributed by atoms with Gasteiger partial charge in [-0.15, -0.1) is 0 Å². The zero-order valence-corrected chi connectivity index (χ0v) is 11.3. The fourth-order valence-electron chi connectivity index (χ4n) is 2.01. The number of hydrogen-bond acceptors (Lipinski definition) is 4. The standard InChI is InChI=1S/C12H17NO4S/c1-12(14)7-8-13(9-12)18(15,16)11-5-3-10(17-2)4-6-11/h3-6,14H,7-9H2,1-2H3. The van der Waals surface area contributed by atoms with Crippen molar-refractivity contribution in [1.29, 1.82) is 0 Å². The van der Waals surface area contributed by atoms with Gasteiger partial charge < -0.3 is 9.84 Å². The Bertz CT molecular complexity index is 522. The largest absolute Gasteiger partial charge is 0.497 e. The second kappa shape index (κ2) is 4.53. The van der Waals surface area contributed by atoms with Crippen LogP contribution in [-0.2, 0) is 10.0 Å². The van der Waals surface area contributed by atoms with Gasteiger partial charge >= 0.3 is 0 Å². The van der Waals surface area contributed by atoms with Crippen molar-refractivity contribution >= 4 is 10.0 Å². The Hall–Kier alpha value is -1.11. The molecule has 0 saturated carbocycles. The van der Waals surface area contributed by atoms with Gasteiger partial charge in [0.25, 0.3) is 0 Å². The lowest BCUT2D eigenvalue weighted by molar-refractivity contribution is 0.0762. The van der Waals surface area contributed by atoms with E-state index in [4.69, 9.17) is 4.74 Å². The van der Waals surface area contributed by atoms with Gasteiger partial charge in [-0.2, -0.15) is 4.31 Å². The lowest BCUT2D eigenvalue weighted by Gasteiger charge is -2.19. The molecule has 100 valence electrons. The second-order valence-corrected chi connectivity index (χ2v) is 6.70. The fourth-order valence-corrected chi connectivity index (χ4v) is 3.56. The first-order chi connectivity index (χ1) is 8.35. The van der Waals surface area contributed by atoms with E-state index in [-0.39, 0.29) is 11.4 Å². The maximum atomic E-state index is 12.3. The number of nitrogens with zero attached hydrogens (tertiary/aromatic N) is 1. The molecule has 18 heavy (non-hydrogen) atoms. The highest BCUT2D eigenvalue weighted by Gasteiger charge is 2.38. The molecule has 1 atom stereocenters. The van der Waals surface area contributed by atoms with E-state index in [0.29, 0.717) is 18.7 Å². The van der Waals surface area contributed by atoms with Crippen LogP contribution in [0.4, 0.5) is 0 Å². The predicted molar refractivity (Wildman–Crippen MR) is 67.0 cm³/mol. The molecule has 1 heterocycles. The van der Waals surface area contributed by atoms with Crippen LogP contribution in [-0.4, -0.2) is 43.6 Å². The zero-order valence-electron chi connectivity index (χ0n) is 10.5. The first-order valence-corrected chi connectivity index (χ1v) is 7.16. The molecular formula is C12H17NO4S. The van der Waals surface area contributed by atoms with Gasteiger partial charge in [-0.3, -0.25) is 0 Å². The van der Waals surface area contributed by atoms with Crippen molar-refractivity contribution in [2.45, 2.75) is 23.8 Å². The van der Waals surface area contributed by atoms with Crippen molar-refractivity contribution in [3.63, 3.8) is 0 Å². The monoisotopic (exact) mass is 271 g/mol. The van der Waals surface area contributed by atoms with E-state index in [1.165, 1.54) is 23.5 Å². The average Bonchev–Trinajstić information content (AvgIpc) is 2.70. The SMILES string of the molecule is COc1ccc(S(=O)(=O)N2CCC(C)(O)C2)cc1. The molecule has 1 fully saturated rings. The molecule has 0 amide bonds. The first-order valence-electron chi connectivity index (χ1n) is 5.72. The molecule has 5 nitrogen and oxygen atoms in total. The van der Waals surface area contributed by atoms with Gasteiger partial charge in [0.15, 0.2) is 0 Å². The maximum Gasteiger partial charge on any atom is 0.243 e. The van der Waals surface area contributed by atoms with Gasteiger partial charge in [-0.1, -0.05) is 0 Å². The quantitative estimate of drug-likeness (QED) is 0.884. The van der Waals surface area contributed by atoms with E-state index in [1.54, 1.807) is 19.1 Å². The van der Waals surface area contributed by atoms with E-state index in [0.717, 1.165) is 0 Å². The minimum Gasteiger partial charge on any atom is -0.497 e. The van der Waals surface area contributed by atoms with E-state index >= 15 is 0 Å². The minimum atomic E-state index is -3.52. The number of ether oxygens (including phenoxy) is 1. The normalized spacial score (nSPS) is 25.3. The Kier molecular flexibility index (Phi) is 3.35. The fraction of sp³-hybridized carbons (Fsp3) is 0.500. The number of methoxy groups -OCH3 is 1. The molecule has 1 N–H and O–H groups in total. The van der Waals surface area contributed by atoms with Crippen molar-refractivity contribution < 1.29 is 18.3 Å². The molecule has 0 radical (unpaired) electrons. The summed E-state index contributed by atoms with van der Waals surface area (Å²) in [4.78, 5) is 0.223. The third-order valence-corrected chi connectivity index (χ3v) is 4.97. The molecule has 1 unspecified atom stereocenters. The average molecular weight is 271 g/mol. The number of rotatable bonds is 3. The maximum absolute atomic E-state index is 12.3. The van der Waals surface area contributed by atoms with Crippen molar-refractivity contribution in [2.24, 2.45) is 0 Å². The van der Waals surface area contributed by atoms with Gasteiger partial charge in [-0.05, 0) is 37.6 Å². The molecule has 0 aliphatic carbocycles. The van der Waals surface area contributed by atoms with Crippen LogP contribution < -0.4 is 4.74 Å².